The molecule has 2 aromatic heterocycles. The fourth-order valence-corrected chi connectivity index (χ4v) is 1.98. The number of aromatic nitrogens is 2. The van der Waals surface area contributed by atoms with Crippen molar-refractivity contribution >= 4 is 17.3 Å². The minimum absolute atomic E-state index is 0.133. The van der Waals surface area contributed by atoms with E-state index in [1.54, 1.807) is 25.6 Å². The first-order valence-electron chi connectivity index (χ1n) is 6.26. The van der Waals surface area contributed by atoms with E-state index in [4.69, 9.17) is 21.4 Å². The van der Waals surface area contributed by atoms with Gasteiger partial charge >= 0.3 is 0 Å². The van der Waals surface area contributed by atoms with Crippen molar-refractivity contribution in [1.82, 2.24) is 9.97 Å². The smallest absolute Gasteiger partial charge is 0.145 e. The Bertz CT molecular complexity index is 578. The van der Waals surface area contributed by atoms with E-state index in [1.807, 2.05) is 12.1 Å². The number of ether oxygens (including phenoxy) is 1. The van der Waals surface area contributed by atoms with Gasteiger partial charge in [0.15, 0.2) is 0 Å². The molecule has 106 valence electrons. The van der Waals surface area contributed by atoms with Crippen LogP contribution in [0.1, 0.15) is 6.42 Å². The number of halogens is 1. The second-order valence-electron chi connectivity index (χ2n) is 4.11. The Hall–Kier alpha value is -1.85. The molecule has 2 rings (SSSR count). The van der Waals surface area contributed by atoms with Crippen LogP contribution in [0.15, 0.2) is 30.6 Å². The Morgan fingerprint density at radius 1 is 1.40 bits per heavy atom. The summed E-state index contributed by atoms with van der Waals surface area (Å²) in [6.07, 6.45) is 4.01. The van der Waals surface area contributed by atoms with Gasteiger partial charge in [-0.2, -0.15) is 0 Å². The Labute approximate surface area is 122 Å². The average molecular weight is 294 g/mol. The molecule has 0 radical (unpaired) electrons. The van der Waals surface area contributed by atoms with E-state index in [1.165, 1.54) is 0 Å². The molecule has 5 nitrogen and oxygen atoms in total. The first kappa shape index (κ1) is 14.6. The molecule has 0 aromatic carbocycles. The Morgan fingerprint density at radius 2 is 2.25 bits per heavy atom. The van der Waals surface area contributed by atoms with Gasteiger partial charge in [-0.25, -0.2) is 4.98 Å². The zero-order valence-corrected chi connectivity index (χ0v) is 11.9. The molecule has 0 amide bonds. The summed E-state index contributed by atoms with van der Waals surface area (Å²) in [5, 5.41) is 12.5. The Kier molecular flexibility index (Phi) is 5.15. The summed E-state index contributed by atoms with van der Waals surface area (Å²) in [6.45, 7) is 0.771. The molecule has 0 aliphatic rings. The molecular weight excluding hydrogens is 278 g/mol. The summed E-state index contributed by atoms with van der Waals surface area (Å²) in [7, 11) is 1.60. The third-order valence-corrected chi connectivity index (χ3v) is 2.97. The van der Waals surface area contributed by atoms with Crippen LogP contribution in [0.25, 0.3) is 11.3 Å². The number of anilines is 1. The van der Waals surface area contributed by atoms with E-state index in [2.05, 4.69) is 15.3 Å². The number of rotatable bonds is 6. The molecule has 0 fully saturated rings. The molecule has 0 saturated heterocycles. The van der Waals surface area contributed by atoms with Crippen molar-refractivity contribution < 1.29 is 9.84 Å². The lowest BCUT2D eigenvalue weighted by molar-refractivity contribution is 0.292. The fraction of sp³-hybridized carbons (Fsp3) is 0.286. The van der Waals surface area contributed by atoms with E-state index >= 15 is 0 Å². The van der Waals surface area contributed by atoms with Gasteiger partial charge < -0.3 is 15.2 Å². The summed E-state index contributed by atoms with van der Waals surface area (Å²) >= 11 is 5.94. The third kappa shape index (κ3) is 3.37. The predicted molar refractivity (Wildman–Crippen MR) is 79.2 cm³/mol. The second kappa shape index (κ2) is 7.07. The van der Waals surface area contributed by atoms with Crippen LogP contribution in [0.2, 0.25) is 5.15 Å². The van der Waals surface area contributed by atoms with Gasteiger partial charge in [-0.05, 0) is 24.6 Å². The SMILES string of the molecule is COc1cccnc1-c1cnc(Cl)cc1NCCCO. The number of pyridine rings is 2. The van der Waals surface area contributed by atoms with Crippen LogP contribution >= 0.6 is 11.6 Å². The highest BCUT2D eigenvalue weighted by atomic mass is 35.5. The third-order valence-electron chi connectivity index (χ3n) is 2.77. The summed E-state index contributed by atoms with van der Waals surface area (Å²) in [5.41, 5.74) is 2.32. The molecule has 0 bridgehead atoms. The highest BCUT2D eigenvalue weighted by molar-refractivity contribution is 6.29. The molecule has 2 N–H and O–H groups in total. The Balaban J connectivity index is 2.39. The van der Waals surface area contributed by atoms with Crippen LogP contribution in [0.4, 0.5) is 5.69 Å². The van der Waals surface area contributed by atoms with Crippen molar-refractivity contribution in [2.45, 2.75) is 6.42 Å². The predicted octanol–water partition coefficient (Wildman–Crippen LogP) is 2.60. The van der Waals surface area contributed by atoms with Crippen molar-refractivity contribution in [3.63, 3.8) is 0 Å². The van der Waals surface area contributed by atoms with E-state index in [0.717, 1.165) is 11.3 Å². The van der Waals surface area contributed by atoms with Crippen LogP contribution in [-0.4, -0.2) is 35.3 Å². The van der Waals surface area contributed by atoms with Crippen molar-refractivity contribution in [3.8, 4) is 17.0 Å². The van der Waals surface area contributed by atoms with Gasteiger partial charge in [0.25, 0.3) is 0 Å². The second-order valence-corrected chi connectivity index (χ2v) is 4.50. The molecule has 6 heteroatoms. The highest BCUT2D eigenvalue weighted by Crippen LogP contribution is 2.33. The first-order chi connectivity index (χ1) is 9.76. The molecule has 0 spiro atoms. The number of hydrogen-bond acceptors (Lipinski definition) is 5. The molecule has 0 aliphatic carbocycles. The van der Waals surface area contributed by atoms with Crippen LogP contribution in [0.5, 0.6) is 5.75 Å². The zero-order chi connectivity index (χ0) is 14.4. The lowest BCUT2D eigenvalue weighted by Crippen LogP contribution is -2.05. The molecule has 0 saturated carbocycles. The number of aliphatic hydroxyl groups excluding tert-OH is 1. The van der Waals surface area contributed by atoms with Gasteiger partial charge in [0.2, 0.25) is 0 Å². The minimum Gasteiger partial charge on any atom is -0.494 e. The van der Waals surface area contributed by atoms with Gasteiger partial charge in [-0.15, -0.1) is 0 Å². The largest absolute Gasteiger partial charge is 0.494 e. The maximum atomic E-state index is 8.86. The molecule has 2 aromatic rings. The molecule has 0 aliphatic heterocycles. The maximum absolute atomic E-state index is 8.86. The summed E-state index contributed by atoms with van der Waals surface area (Å²) in [4.78, 5) is 8.44. The normalized spacial score (nSPS) is 10.3. The minimum atomic E-state index is 0.133. The van der Waals surface area contributed by atoms with E-state index in [9.17, 15) is 0 Å². The number of hydrogen-bond donors (Lipinski definition) is 2. The van der Waals surface area contributed by atoms with Gasteiger partial charge in [0, 0.05) is 36.8 Å². The first-order valence-corrected chi connectivity index (χ1v) is 6.63. The van der Waals surface area contributed by atoms with Crippen molar-refractivity contribution in [1.29, 1.82) is 0 Å². The van der Waals surface area contributed by atoms with Crippen LogP contribution < -0.4 is 10.1 Å². The lowest BCUT2D eigenvalue weighted by Gasteiger charge is -2.13. The molecule has 20 heavy (non-hydrogen) atoms. The maximum Gasteiger partial charge on any atom is 0.145 e. The lowest BCUT2D eigenvalue weighted by atomic mass is 10.1. The quantitative estimate of drug-likeness (QED) is 0.633. The highest BCUT2D eigenvalue weighted by Gasteiger charge is 2.12. The zero-order valence-electron chi connectivity index (χ0n) is 11.1. The standard InChI is InChI=1S/C14H16ClN3O2/c1-20-12-4-2-5-17-14(12)10-9-18-13(15)8-11(10)16-6-3-7-19/h2,4-5,8-9,19H,3,6-7H2,1H3,(H,16,18). The number of aliphatic hydroxyl groups is 1. The van der Waals surface area contributed by atoms with Crippen molar-refractivity contribution in [3.05, 3.63) is 35.7 Å². The average Bonchev–Trinajstić information content (AvgIpc) is 2.48. The van der Waals surface area contributed by atoms with Crippen LogP contribution in [0.3, 0.4) is 0 Å². The van der Waals surface area contributed by atoms with Crippen molar-refractivity contribution in [2.75, 3.05) is 25.6 Å². The van der Waals surface area contributed by atoms with Crippen LogP contribution in [-0.2, 0) is 0 Å². The van der Waals surface area contributed by atoms with E-state index in [0.29, 0.717) is 29.6 Å². The number of methoxy groups -OCH3 is 1. The summed E-state index contributed by atoms with van der Waals surface area (Å²) < 4.78 is 5.32. The van der Waals surface area contributed by atoms with Gasteiger partial charge in [0.05, 0.1) is 7.11 Å². The molecule has 0 unspecified atom stereocenters. The molecule has 2 heterocycles. The summed E-state index contributed by atoms with van der Waals surface area (Å²) in [6, 6.07) is 5.39. The molecular formula is C14H16ClN3O2. The van der Waals surface area contributed by atoms with Gasteiger partial charge in [-0.1, -0.05) is 11.6 Å². The van der Waals surface area contributed by atoms with Crippen molar-refractivity contribution in [2.24, 2.45) is 0 Å². The van der Waals surface area contributed by atoms with Crippen LogP contribution in [0, 0.1) is 0 Å². The fourth-order valence-electron chi connectivity index (χ4n) is 1.82. The monoisotopic (exact) mass is 293 g/mol. The number of nitrogens with zero attached hydrogens (tertiary/aromatic N) is 2. The van der Waals surface area contributed by atoms with Gasteiger partial charge in [0.1, 0.15) is 16.6 Å². The van der Waals surface area contributed by atoms with E-state index < -0.39 is 0 Å². The topological polar surface area (TPSA) is 67.3 Å². The van der Waals surface area contributed by atoms with E-state index in [-0.39, 0.29) is 6.61 Å². The number of nitrogens with one attached hydrogen (secondary N) is 1. The van der Waals surface area contributed by atoms with Gasteiger partial charge in [-0.3, -0.25) is 4.98 Å². The Morgan fingerprint density at radius 3 is 3.00 bits per heavy atom. The summed E-state index contributed by atoms with van der Waals surface area (Å²) in [5.74, 6) is 0.668. The molecule has 0 atom stereocenters.